The first-order valence-electron chi connectivity index (χ1n) is 6.33. The minimum Gasteiger partial charge on any atom is -0.0888 e. The molecule has 0 saturated carbocycles. The predicted molar refractivity (Wildman–Crippen MR) is 79.8 cm³/mol. The van der Waals surface area contributed by atoms with E-state index in [-0.39, 0.29) is 0 Å². The highest BCUT2D eigenvalue weighted by atomic mass is 79.9. The van der Waals surface area contributed by atoms with E-state index in [2.05, 4.69) is 72.2 Å². The average molecular weight is 291 g/mol. The molecule has 17 heavy (non-hydrogen) atoms. The highest BCUT2D eigenvalue weighted by Gasteiger charge is 2.13. The van der Waals surface area contributed by atoms with Crippen molar-refractivity contribution in [3.05, 3.63) is 48.0 Å². The number of halogens is 1. The number of fused-ring (bicyclic) bond motifs is 1. The van der Waals surface area contributed by atoms with Crippen LogP contribution in [0, 0.1) is 5.92 Å². The van der Waals surface area contributed by atoms with Gasteiger partial charge >= 0.3 is 0 Å². The van der Waals surface area contributed by atoms with Crippen LogP contribution in [0.3, 0.4) is 0 Å². The molecule has 2 aromatic rings. The van der Waals surface area contributed by atoms with Gasteiger partial charge < -0.3 is 0 Å². The van der Waals surface area contributed by atoms with Gasteiger partial charge in [-0.15, -0.1) is 0 Å². The first-order valence-corrected chi connectivity index (χ1v) is 7.24. The van der Waals surface area contributed by atoms with E-state index < -0.39 is 0 Å². The Morgan fingerprint density at radius 2 is 1.76 bits per heavy atom. The summed E-state index contributed by atoms with van der Waals surface area (Å²) in [5.41, 5.74) is 1.47. The van der Waals surface area contributed by atoms with Gasteiger partial charge in [-0.05, 0) is 35.1 Å². The van der Waals surface area contributed by atoms with E-state index in [9.17, 15) is 0 Å². The Bertz CT molecular complexity index is 484. The van der Waals surface area contributed by atoms with Crippen LogP contribution in [-0.2, 0) is 6.42 Å². The number of hydrogen-bond donors (Lipinski definition) is 0. The molecule has 0 radical (unpaired) electrons. The molecule has 0 nitrogen and oxygen atoms in total. The normalized spacial score (nSPS) is 14.8. The Kier molecular flexibility index (Phi) is 4.22. The zero-order chi connectivity index (χ0) is 12.3. The molecular weight excluding hydrogens is 272 g/mol. The Morgan fingerprint density at radius 3 is 2.53 bits per heavy atom. The summed E-state index contributed by atoms with van der Waals surface area (Å²) in [5.74, 6) is 0.672. The summed E-state index contributed by atoms with van der Waals surface area (Å²) >= 11 is 3.76. The third-order valence-electron chi connectivity index (χ3n) is 3.43. The summed E-state index contributed by atoms with van der Waals surface area (Å²) < 4.78 is 0. The van der Waals surface area contributed by atoms with Crippen molar-refractivity contribution in [1.82, 2.24) is 0 Å². The summed E-state index contributed by atoms with van der Waals surface area (Å²) in [5, 5.41) is 2.75. The minimum absolute atomic E-state index is 0.612. The molecule has 0 bridgehead atoms. The Labute approximate surface area is 112 Å². The molecule has 0 heterocycles. The second kappa shape index (κ2) is 5.68. The fraction of sp³-hybridized carbons (Fsp3) is 0.375. The third kappa shape index (κ3) is 2.90. The van der Waals surface area contributed by atoms with Gasteiger partial charge in [0, 0.05) is 4.83 Å². The number of alkyl halides is 1. The summed E-state index contributed by atoms with van der Waals surface area (Å²) in [7, 11) is 0. The van der Waals surface area contributed by atoms with Gasteiger partial charge in [0.05, 0.1) is 0 Å². The first kappa shape index (κ1) is 12.6. The lowest BCUT2D eigenvalue weighted by molar-refractivity contribution is 0.547. The van der Waals surface area contributed by atoms with Crippen molar-refractivity contribution in [3.8, 4) is 0 Å². The molecule has 2 aromatic carbocycles. The second-order valence-corrected chi connectivity index (χ2v) is 5.92. The van der Waals surface area contributed by atoms with Crippen molar-refractivity contribution in [2.75, 3.05) is 0 Å². The van der Waals surface area contributed by atoms with E-state index in [1.165, 1.54) is 22.8 Å². The monoisotopic (exact) mass is 290 g/mol. The maximum absolute atomic E-state index is 3.76. The van der Waals surface area contributed by atoms with Gasteiger partial charge in [-0.25, -0.2) is 0 Å². The van der Waals surface area contributed by atoms with Gasteiger partial charge in [0.25, 0.3) is 0 Å². The highest BCUT2D eigenvalue weighted by molar-refractivity contribution is 9.09. The molecule has 0 aromatic heterocycles. The predicted octanol–water partition coefficient (Wildman–Crippen LogP) is 5.19. The van der Waals surface area contributed by atoms with E-state index in [0.717, 1.165) is 6.42 Å². The smallest absolute Gasteiger partial charge is 0.0172 e. The molecule has 0 aliphatic heterocycles. The molecule has 0 aliphatic rings. The molecule has 2 unspecified atom stereocenters. The van der Waals surface area contributed by atoms with Crippen LogP contribution in [-0.4, -0.2) is 4.83 Å². The largest absolute Gasteiger partial charge is 0.0888 e. The molecule has 2 rings (SSSR count). The maximum atomic E-state index is 3.76. The van der Waals surface area contributed by atoms with Gasteiger partial charge in [-0.1, -0.05) is 72.2 Å². The highest BCUT2D eigenvalue weighted by Crippen LogP contribution is 2.25. The number of benzene rings is 2. The van der Waals surface area contributed by atoms with Crippen LogP contribution < -0.4 is 0 Å². The van der Waals surface area contributed by atoms with Crippen LogP contribution in [0.2, 0.25) is 0 Å². The molecule has 0 amide bonds. The molecular formula is C16H19Br. The number of rotatable bonds is 4. The Balaban J connectivity index is 2.30. The molecule has 0 N–H and O–H groups in total. The zero-order valence-electron chi connectivity index (χ0n) is 10.5. The van der Waals surface area contributed by atoms with Crippen LogP contribution in [0.1, 0.15) is 25.8 Å². The summed E-state index contributed by atoms with van der Waals surface area (Å²) in [4.78, 5) is 0.612. The fourth-order valence-electron chi connectivity index (χ4n) is 2.35. The van der Waals surface area contributed by atoms with Crippen LogP contribution in [0.4, 0.5) is 0 Å². The summed E-state index contributed by atoms with van der Waals surface area (Å²) in [6, 6.07) is 15.3. The van der Waals surface area contributed by atoms with Crippen LogP contribution in [0.25, 0.3) is 10.8 Å². The van der Waals surface area contributed by atoms with Crippen molar-refractivity contribution in [1.29, 1.82) is 0 Å². The lowest BCUT2D eigenvalue weighted by atomic mass is 9.93. The second-order valence-electron chi connectivity index (χ2n) is 4.74. The van der Waals surface area contributed by atoms with E-state index in [1.54, 1.807) is 0 Å². The first-order chi connectivity index (χ1) is 8.22. The molecule has 0 spiro atoms. The standard InChI is InChI=1S/C16H19Br/c1-3-16(17)12(2)11-14-9-6-8-13-7-4-5-10-15(13)14/h4-10,12,16H,3,11H2,1-2H3. The van der Waals surface area contributed by atoms with Crippen molar-refractivity contribution in [2.45, 2.75) is 31.5 Å². The molecule has 1 heteroatoms. The molecule has 0 fully saturated rings. The van der Waals surface area contributed by atoms with Crippen molar-refractivity contribution in [3.63, 3.8) is 0 Å². The third-order valence-corrected chi connectivity index (χ3v) is 4.98. The van der Waals surface area contributed by atoms with Gasteiger partial charge in [0.15, 0.2) is 0 Å². The van der Waals surface area contributed by atoms with Gasteiger partial charge in [-0.3, -0.25) is 0 Å². The van der Waals surface area contributed by atoms with Crippen LogP contribution >= 0.6 is 15.9 Å². The lowest BCUT2D eigenvalue weighted by Crippen LogP contribution is -2.12. The van der Waals surface area contributed by atoms with Gasteiger partial charge in [0.1, 0.15) is 0 Å². The SMILES string of the molecule is CCC(Br)C(C)Cc1cccc2ccccc12. The summed E-state index contributed by atoms with van der Waals surface area (Å²) in [6.45, 7) is 4.56. The van der Waals surface area contributed by atoms with Gasteiger partial charge in [0.2, 0.25) is 0 Å². The Morgan fingerprint density at radius 1 is 1.06 bits per heavy atom. The summed E-state index contributed by atoms with van der Waals surface area (Å²) in [6.07, 6.45) is 2.33. The van der Waals surface area contributed by atoms with Gasteiger partial charge in [-0.2, -0.15) is 0 Å². The van der Waals surface area contributed by atoms with Crippen LogP contribution in [0.5, 0.6) is 0 Å². The Hall–Kier alpha value is -0.820. The molecule has 90 valence electrons. The lowest BCUT2D eigenvalue weighted by Gasteiger charge is -2.17. The average Bonchev–Trinajstić information content (AvgIpc) is 2.38. The van der Waals surface area contributed by atoms with E-state index >= 15 is 0 Å². The maximum Gasteiger partial charge on any atom is 0.0172 e. The van der Waals surface area contributed by atoms with E-state index in [4.69, 9.17) is 0 Å². The fourth-order valence-corrected chi connectivity index (χ4v) is 2.53. The van der Waals surface area contributed by atoms with E-state index in [0.29, 0.717) is 10.7 Å². The van der Waals surface area contributed by atoms with Crippen molar-refractivity contribution in [2.24, 2.45) is 5.92 Å². The molecule has 0 saturated heterocycles. The molecule has 2 atom stereocenters. The van der Waals surface area contributed by atoms with Crippen molar-refractivity contribution >= 4 is 26.7 Å². The molecule has 0 aliphatic carbocycles. The minimum atomic E-state index is 0.612. The number of hydrogen-bond acceptors (Lipinski definition) is 0. The van der Waals surface area contributed by atoms with Crippen molar-refractivity contribution < 1.29 is 0 Å². The quantitative estimate of drug-likeness (QED) is 0.680. The topological polar surface area (TPSA) is 0 Å². The zero-order valence-corrected chi connectivity index (χ0v) is 12.1. The van der Waals surface area contributed by atoms with E-state index in [1.807, 2.05) is 0 Å². The van der Waals surface area contributed by atoms with Crippen LogP contribution in [0.15, 0.2) is 42.5 Å².